The molecule has 1 saturated heterocycles. The first kappa shape index (κ1) is 16.2. The van der Waals surface area contributed by atoms with E-state index in [1.807, 2.05) is 24.2 Å². The lowest BCUT2D eigenvalue weighted by Crippen LogP contribution is -2.37. The Morgan fingerprint density at radius 2 is 2.33 bits per heavy atom. The number of rotatable bonds is 6. The first-order chi connectivity index (χ1) is 11.6. The Bertz CT molecular complexity index is 700. The molecule has 0 spiro atoms. The van der Waals surface area contributed by atoms with Crippen molar-refractivity contribution >= 4 is 23.4 Å². The number of anilines is 3. The van der Waals surface area contributed by atoms with Crippen molar-refractivity contribution in [2.24, 2.45) is 7.05 Å². The zero-order valence-corrected chi connectivity index (χ0v) is 13.9. The maximum atomic E-state index is 11.9. The Kier molecular flexibility index (Phi) is 4.90. The van der Waals surface area contributed by atoms with Gasteiger partial charge >= 0.3 is 0 Å². The zero-order chi connectivity index (χ0) is 16.9. The highest BCUT2D eigenvalue weighted by Gasteiger charge is 2.25. The summed E-state index contributed by atoms with van der Waals surface area (Å²) in [6.45, 7) is 1.83. The number of nitrogens with zero attached hydrogens (tertiary/aromatic N) is 5. The van der Waals surface area contributed by atoms with Gasteiger partial charge in [0, 0.05) is 38.6 Å². The van der Waals surface area contributed by atoms with Crippen molar-refractivity contribution in [2.75, 3.05) is 37.3 Å². The average molecular weight is 330 g/mol. The lowest BCUT2D eigenvalue weighted by molar-refractivity contribution is -0.129. The zero-order valence-electron chi connectivity index (χ0n) is 13.9. The molecule has 9 heteroatoms. The number of hydrogen-bond acceptors (Lipinski definition) is 7. The summed E-state index contributed by atoms with van der Waals surface area (Å²) in [6, 6.07) is 2.03. The predicted molar refractivity (Wildman–Crippen MR) is 91.1 cm³/mol. The van der Waals surface area contributed by atoms with Gasteiger partial charge in [0.1, 0.15) is 5.82 Å². The highest BCUT2D eigenvalue weighted by atomic mass is 16.2. The number of hydrogen-bond donors (Lipinski definition) is 3. The topological polar surface area (TPSA) is 100 Å². The van der Waals surface area contributed by atoms with Gasteiger partial charge in [-0.2, -0.15) is 10.1 Å². The Labute approximate surface area is 140 Å². The summed E-state index contributed by atoms with van der Waals surface area (Å²) in [6.07, 6.45) is 6.18. The van der Waals surface area contributed by atoms with Crippen LogP contribution in [0.15, 0.2) is 24.7 Å². The summed E-state index contributed by atoms with van der Waals surface area (Å²) in [5, 5.41) is 13.5. The third kappa shape index (κ3) is 3.99. The molecule has 3 heterocycles. The fourth-order valence-corrected chi connectivity index (χ4v) is 2.69. The fourth-order valence-electron chi connectivity index (χ4n) is 2.69. The predicted octanol–water partition coefficient (Wildman–Crippen LogP) is 0.186. The molecule has 0 aliphatic carbocycles. The van der Waals surface area contributed by atoms with E-state index in [4.69, 9.17) is 0 Å². The molecule has 0 unspecified atom stereocenters. The number of aromatic nitrogens is 4. The molecule has 3 rings (SSSR count). The second kappa shape index (κ2) is 7.26. The molecule has 1 aliphatic heterocycles. The monoisotopic (exact) mass is 330 g/mol. The van der Waals surface area contributed by atoms with Crippen LogP contribution in [0.1, 0.15) is 6.42 Å². The van der Waals surface area contributed by atoms with Crippen LogP contribution in [0.2, 0.25) is 0 Å². The molecule has 1 atom stereocenters. The van der Waals surface area contributed by atoms with E-state index in [1.165, 1.54) is 0 Å². The van der Waals surface area contributed by atoms with Crippen LogP contribution in [0, 0.1) is 0 Å². The van der Waals surface area contributed by atoms with Gasteiger partial charge in [-0.3, -0.25) is 9.48 Å². The number of likely N-dealkylation sites (tertiary alicyclic amines) is 1. The lowest BCUT2D eigenvalue weighted by atomic mass is 10.2. The summed E-state index contributed by atoms with van der Waals surface area (Å²) in [5.41, 5.74) is 0.833. The highest BCUT2D eigenvalue weighted by molar-refractivity contribution is 5.78. The number of amides is 1. The van der Waals surface area contributed by atoms with Gasteiger partial charge in [-0.1, -0.05) is 0 Å². The molecule has 1 aliphatic rings. The van der Waals surface area contributed by atoms with Crippen LogP contribution in [0.25, 0.3) is 0 Å². The van der Waals surface area contributed by atoms with Crippen LogP contribution in [0.3, 0.4) is 0 Å². The molecule has 0 saturated carbocycles. The maximum Gasteiger partial charge on any atom is 0.236 e. The van der Waals surface area contributed by atoms with Crippen molar-refractivity contribution in [3.8, 4) is 0 Å². The van der Waals surface area contributed by atoms with Crippen LogP contribution < -0.4 is 16.0 Å². The van der Waals surface area contributed by atoms with E-state index in [-0.39, 0.29) is 11.9 Å². The first-order valence-electron chi connectivity index (χ1n) is 7.91. The molecule has 3 N–H and O–H groups in total. The second-order valence-corrected chi connectivity index (χ2v) is 5.79. The third-order valence-electron chi connectivity index (χ3n) is 3.84. The van der Waals surface area contributed by atoms with Gasteiger partial charge in [0.2, 0.25) is 11.9 Å². The lowest BCUT2D eigenvalue weighted by Gasteiger charge is -2.17. The Hall–Kier alpha value is -2.68. The molecular formula is C15H22N8O. The van der Waals surface area contributed by atoms with Gasteiger partial charge in [0.05, 0.1) is 18.4 Å². The Balaban J connectivity index is 1.58. The number of likely N-dealkylation sites (N-methyl/N-ethyl adjacent to an activating group) is 1. The van der Waals surface area contributed by atoms with Crippen molar-refractivity contribution in [3.05, 3.63) is 24.7 Å². The molecule has 1 fully saturated rings. The quantitative estimate of drug-likeness (QED) is 0.695. The van der Waals surface area contributed by atoms with E-state index >= 15 is 0 Å². The third-order valence-corrected chi connectivity index (χ3v) is 3.84. The molecule has 24 heavy (non-hydrogen) atoms. The normalized spacial score (nSPS) is 17.1. The second-order valence-electron chi connectivity index (χ2n) is 5.79. The van der Waals surface area contributed by atoms with E-state index in [1.54, 1.807) is 24.1 Å². The molecule has 1 amide bonds. The number of nitrogens with one attached hydrogen (secondary N) is 3. The van der Waals surface area contributed by atoms with Crippen molar-refractivity contribution in [3.63, 3.8) is 0 Å². The largest absolute Gasteiger partial charge is 0.365 e. The minimum absolute atomic E-state index is 0.128. The van der Waals surface area contributed by atoms with E-state index in [2.05, 4.69) is 31.0 Å². The molecular weight excluding hydrogens is 308 g/mol. The average Bonchev–Trinajstić information content (AvgIpc) is 3.17. The summed E-state index contributed by atoms with van der Waals surface area (Å²) >= 11 is 0. The Morgan fingerprint density at radius 1 is 1.46 bits per heavy atom. The van der Waals surface area contributed by atoms with Gasteiger partial charge < -0.3 is 20.9 Å². The minimum Gasteiger partial charge on any atom is -0.365 e. The maximum absolute atomic E-state index is 11.9. The molecule has 0 radical (unpaired) electrons. The highest BCUT2D eigenvalue weighted by Crippen LogP contribution is 2.17. The van der Waals surface area contributed by atoms with Crippen molar-refractivity contribution < 1.29 is 4.79 Å². The summed E-state index contributed by atoms with van der Waals surface area (Å²) in [5.74, 6) is 1.38. The van der Waals surface area contributed by atoms with Crippen LogP contribution in [-0.2, 0) is 11.8 Å². The van der Waals surface area contributed by atoms with Gasteiger partial charge in [-0.05, 0) is 19.5 Å². The van der Waals surface area contributed by atoms with Gasteiger partial charge in [-0.15, -0.1) is 0 Å². The van der Waals surface area contributed by atoms with E-state index < -0.39 is 0 Å². The van der Waals surface area contributed by atoms with E-state index in [0.29, 0.717) is 19.0 Å². The SMILES string of the molecule is CNCC(=O)N1CC[C@@H](Nc2ccnc(Nc3cnn(C)c3)n2)C1. The summed E-state index contributed by atoms with van der Waals surface area (Å²) in [7, 11) is 3.63. The van der Waals surface area contributed by atoms with Gasteiger partial charge in [0.25, 0.3) is 0 Å². The first-order valence-corrected chi connectivity index (χ1v) is 7.91. The molecule has 2 aromatic heterocycles. The van der Waals surface area contributed by atoms with E-state index in [0.717, 1.165) is 24.5 Å². The van der Waals surface area contributed by atoms with Crippen LogP contribution in [0.4, 0.5) is 17.5 Å². The summed E-state index contributed by atoms with van der Waals surface area (Å²) < 4.78 is 1.71. The number of aryl methyl sites for hydroxylation is 1. The van der Waals surface area contributed by atoms with Gasteiger partial charge in [-0.25, -0.2) is 4.98 Å². The van der Waals surface area contributed by atoms with Gasteiger partial charge in [0.15, 0.2) is 0 Å². The Morgan fingerprint density at radius 3 is 3.08 bits per heavy atom. The van der Waals surface area contributed by atoms with Crippen molar-refractivity contribution in [2.45, 2.75) is 12.5 Å². The number of carbonyl (C=O) groups excluding carboxylic acids is 1. The number of carbonyl (C=O) groups is 1. The van der Waals surface area contributed by atoms with Crippen molar-refractivity contribution in [1.82, 2.24) is 30.0 Å². The molecule has 128 valence electrons. The molecule has 2 aromatic rings. The smallest absolute Gasteiger partial charge is 0.236 e. The molecule has 0 aromatic carbocycles. The fraction of sp³-hybridized carbons (Fsp3) is 0.467. The standard InChI is InChI=1S/C15H22N8O/c1-16-8-14(24)23-6-4-11(10-23)19-13-3-5-17-15(21-13)20-12-7-18-22(2)9-12/h3,5,7,9,11,16H,4,6,8,10H2,1-2H3,(H2,17,19,20,21)/t11-/m1/s1. The minimum atomic E-state index is 0.128. The summed E-state index contributed by atoms with van der Waals surface area (Å²) in [4.78, 5) is 22.4. The van der Waals surface area contributed by atoms with Crippen LogP contribution in [0.5, 0.6) is 0 Å². The molecule has 9 nitrogen and oxygen atoms in total. The van der Waals surface area contributed by atoms with Crippen LogP contribution in [-0.4, -0.2) is 63.3 Å². The van der Waals surface area contributed by atoms with E-state index in [9.17, 15) is 4.79 Å². The van der Waals surface area contributed by atoms with Crippen LogP contribution >= 0.6 is 0 Å². The van der Waals surface area contributed by atoms with Crippen molar-refractivity contribution in [1.29, 1.82) is 0 Å². The molecule has 0 bridgehead atoms.